The maximum atomic E-state index is 7.24. The first-order valence-electron chi connectivity index (χ1n) is 16.1. The van der Waals surface area contributed by atoms with Crippen molar-refractivity contribution in [3.8, 4) is 33.9 Å². The lowest BCUT2D eigenvalue weighted by Gasteiger charge is -2.31. The van der Waals surface area contributed by atoms with Gasteiger partial charge in [0, 0.05) is 43.4 Å². The molecule has 0 aliphatic carbocycles. The molecule has 0 unspecified atom stereocenters. The van der Waals surface area contributed by atoms with Crippen molar-refractivity contribution < 1.29 is 0 Å². The van der Waals surface area contributed by atoms with Crippen LogP contribution in [0.25, 0.3) is 33.9 Å². The second-order valence-corrected chi connectivity index (χ2v) is 14.4. The molecule has 7 aromatic rings. The van der Waals surface area contributed by atoms with Crippen molar-refractivity contribution >= 4 is 81.0 Å². The highest BCUT2D eigenvalue weighted by Crippen LogP contribution is 2.51. The third kappa shape index (κ3) is 6.14. The smallest absolute Gasteiger partial charge is 0.263 e. The van der Waals surface area contributed by atoms with Gasteiger partial charge in [0.1, 0.15) is 5.82 Å². The fourth-order valence-electron chi connectivity index (χ4n) is 6.46. The number of aromatic nitrogens is 2. The molecule has 6 aromatic carbocycles. The van der Waals surface area contributed by atoms with Crippen LogP contribution in [0, 0.1) is 0 Å². The summed E-state index contributed by atoms with van der Waals surface area (Å²) in [5.74, 6) is -1.31. The summed E-state index contributed by atoms with van der Waals surface area (Å²) < 4.78 is 1.95. The fourth-order valence-corrected chi connectivity index (χ4v) is 7.88. The first-order chi connectivity index (χ1) is 25.2. The number of rotatable bonds is 7. The van der Waals surface area contributed by atoms with Gasteiger partial charge in [-0.15, -0.1) is 0 Å². The number of hydrogen-bond acceptors (Lipinski definition) is 3. The summed E-state index contributed by atoms with van der Waals surface area (Å²) in [5.41, 5.74) is 6.78. The van der Waals surface area contributed by atoms with Gasteiger partial charge < -0.3 is 0 Å². The van der Waals surface area contributed by atoms with Crippen LogP contribution >= 0.6 is 69.6 Å². The average Bonchev–Trinajstić information content (AvgIpc) is 3.77. The Bertz CT molecular complexity index is 2460. The van der Waals surface area contributed by atoms with E-state index in [9.17, 15) is 0 Å². The number of nitrogens with zero attached hydrogens (tertiary/aromatic N) is 4. The highest BCUT2D eigenvalue weighted by Gasteiger charge is 2.47. The highest BCUT2D eigenvalue weighted by atomic mass is 35.5. The Kier molecular flexibility index (Phi) is 9.48. The third-order valence-electron chi connectivity index (χ3n) is 8.73. The Morgan fingerprint density at radius 2 is 0.904 bits per heavy atom. The Morgan fingerprint density at radius 3 is 1.42 bits per heavy atom. The molecule has 0 fully saturated rings. The molecule has 1 aliphatic rings. The van der Waals surface area contributed by atoms with Crippen molar-refractivity contribution in [3.63, 3.8) is 0 Å². The molecule has 1 aromatic heterocycles. The molecule has 4 nitrogen and oxygen atoms in total. The van der Waals surface area contributed by atoms with Crippen LogP contribution in [0.1, 0.15) is 16.7 Å². The second-order valence-electron chi connectivity index (χ2n) is 12.0. The molecule has 254 valence electrons. The van der Waals surface area contributed by atoms with E-state index >= 15 is 0 Å². The largest absolute Gasteiger partial charge is 0.275 e. The van der Waals surface area contributed by atoms with Crippen molar-refractivity contribution in [2.24, 2.45) is 9.98 Å². The van der Waals surface area contributed by atoms with Crippen molar-refractivity contribution in [1.29, 1.82) is 0 Å². The van der Waals surface area contributed by atoms with Crippen LogP contribution in [0.4, 0.5) is 0 Å². The first-order valence-corrected chi connectivity index (χ1v) is 18.4. The Labute approximate surface area is 330 Å². The Morgan fingerprint density at radius 1 is 0.462 bits per heavy atom. The van der Waals surface area contributed by atoms with E-state index in [0.717, 1.165) is 22.3 Å². The van der Waals surface area contributed by atoms with Gasteiger partial charge in [0.25, 0.3) is 5.79 Å². The molecule has 0 spiro atoms. The predicted molar refractivity (Wildman–Crippen MR) is 218 cm³/mol. The number of aliphatic imine (C=N–C) groups is 2. The fraction of sp³-hybridized carbons (Fsp3) is 0.0238. The minimum absolute atomic E-state index is 0.218. The van der Waals surface area contributed by atoms with Crippen LogP contribution < -0.4 is 0 Å². The van der Waals surface area contributed by atoms with Crippen LogP contribution in [-0.4, -0.2) is 21.0 Å². The standard InChI is InChI=1S/C42H24Cl6N4/c43-29-21-31(35(47)33(45)23-29)41-49-39(27-17-9-3-10-18-27)40(28-19-11-4-12-20-28)52(41)42(32-22-30(44)24-34(46)36(32)48)50-37(25-13-5-1-6-14-25)38(51-42)26-15-7-2-8-16-26/h1-24H. The van der Waals surface area contributed by atoms with E-state index in [1.165, 1.54) is 0 Å². The van der Waals surface area contributed by atoms with Gasteiger partial charge >= 0.3 is 0 Å². The Balaban J connectivity index is 1.63. The minimum atomic E-state index is -1.69. The highest BCUT2D eigenvalue weighted by molar-refractivity contribution is 6.54. The maximum absolute atomic E-state index is 7.24. The molecule has 0 saturated heterocycles. The van der Waals surface area contributed by atoms with E-state index in [0.29, 0.717) is 49.8 Å². The molecule has 2 heterocycles. The predicted octanol–water partition coefficient (Wildman–Crippen LogP) is 13.5. The molecular formula is C42H24Cl6N4. The number of benzene rings is 6. The van der Waals surface area contributed by atoms with Crippen LogP contribution in [0.2, 0.25) is 30.1 Å². The Hall–Kier alpha value is -4.39. The SMILES string of the molecule is Clc1cc(Cl)c(Cl)c(-c2nc(-c3ccccc3)c(-c3ccccc3)n2C2(c3cc(Cl)cc(Cl)c3Cl)N=C(c3ccccc3)C(c3ccccc3)=N2)c1. The van der Waals surface area contributed by atoms with Crippen molar-refractivity contribution in [1.82, 2.24) is 9.55 Å². The van der Waals surface area contributed by atoms with Crippen LogP contribution in [0.15, 0.2) is 156 Å². The maximum Gasteiger partial charge on any atom is 0.263 e. The molecule has 1 aliphatic heterocycles. The van der Waals surface area contributed by atoms with Gasteiger partial charge in [-0.25, -0.2) is 15.0 Å². The topological polar surface area (TPSA) is 42.5 Å². The van der Waals surface area contributed by atoms with Crippen LogP contribution in [0.5, 0.6) is 0 Å². The second kappa shape index (κ2) is 14.2. The molecule has 0 atom stereocenters. The van der Waals surface area contributed by atoms with Gasteiger partial charge in [-0.3, -0.25) is 4.57 Å². The van der Waals surface area contributed by atoms with E-state index in [-0.39, 0.29) is 20.1 Å². The van der Waals surface area contributed by atoms with Gasteiger partial charge in [-0.1, -0.05) is 191 Å². The van der Waals surface area contributed by atoms with Gasteiger partial charge in [0.15, 0.2) is 0 Å². The van der Waals surface area contributed by atoms with E-state index < -0.39 is 5.79 Å². The van der Waals surface area contributed by atoms with E-state index in [4.69, 9.17) is 84.6 Å². The van der Waals surface area contributed by atoms with Crippen molar-refractivity contribution in [3.05, 3.63) is 192 Å². The number of halogens is 6. The lowest BCUT2D eigenvalue weighted by molar-refractivity contribution is 0.409. The van der Waals surface area contributed by atoms with Gasteiger partial charge in [0.2, 0.25) is 0 Å². The summed E-state index contributed by atoms with van der Waals surface area (Å²) in [6.45, 7) is 0. The van der Waals surface area contributed by atoms with Crippen LogP contribution in [0.3, 0.4) is 0 Å². The summed E-state index contributed by atoms with van der Waals surface area (Å²) in [6.07, 6.45) is 0. The molecule has 0 N–H and O–H groups in total. The molecular weight excluding hydrogens is 773 g/mol. The summed E-state index contributed by atoms with van der Waals surface area (Å²) >= 11 is 41.4. The molecule has 10 heteroatoms. The average molecular weight is 797 g/mol. The zero-order chi connectivity index (χ0) is 36.0. The molecule has 8 rings (SSSR count). The quantitative estimate of drug-likeness (QED) is 0.148. The van der Waals surface area contributed by atoms with E-state index in [2.05, 4.69) is 0 Å². The molecule has 0 radical (unpaired) electrons. The van der Waals surface area contributed by atoms with Crippen LogP contribution in [-0.2, 0) is 5.79 Å². The zero-order valence-corrected chi connectivity index (χ0v) is 31.4. The van der Waals surface area contributed by atoms with Crippen molar-refractivity contribution in [2.45, 2.75) is 5.79 Å². The minimum Gasteiger partial charge on any atom is -0.275 e. The summed E-state index contributed by atoms with van der Waals surface area (Å²) in [4.78, 5) is 16.6. The van der Waals surface area contributed by atoms with Gasteiger partial charge in [-0.05, 0) is 24.3 Å². The number of imidazole rings is 1. The first kappa shape index (κ1) is 34.7. The molecule has 0 saturated carbocycles. The summed E-state index contributed by atoms with van der Waals surface area (Å²) in [5, 5.41) is 1.67. The summed E-state index contributed by atoms with van der Waals surface area (Å²) in [6, 6.07) is 46.2. The lowest BCUT2D eigenvalue weighted by Crippen LogP contribution is -2.32. The van der Waals surface area contributed by atoms with E-state index in [1.54, 1.807) is 24.3 Å². The third-order valence-corrected chi connectivity index (χ3v) is 10.8. The molecule has 0 bridgehead atoms. The zero-order valence-electron chi connectivity index (χ0n) is 26.9. The summed E-state index contributed by atoms with van der Waals surface area (Å²) in [7, 11) is 0. The lowest BCUT2D eigenvalue weighted by atomic mass is 10.0. The molecule has 52 heavy (non-hydrogen) atoms. The normalized spacial score (nSPS) is 13.6. The number of hydrogen-bond donors (Lipinski definition) is 0. The van der Waals surface area contributed by atoms with Crippen molar-refractivity contribution in [2.75, 3.05) is 0 Å². The van der Waals surface area contributed by atoms with Gasteiger partial charge in [0.05, 0.1) is 42.9 Å². The van der Waals surface area contributed by atoms with E-state index in [1.807, 2.05) is 126 Å². The van der Waals surface area contributed by atoms with Gasteiger partial charge in [-0.2, -0.15) is 0 Å². The monoisotopic (exact) mass is 794 g/mol. The molecule has 0 amide bonds.